The topological polar surface area (TPSA) is 66.9 Å². The Kier molecular flexibility index (Phi) is 5.69. The van der Waals surface area contributed by atoms with Crippen LogP contribution in [0.25, 0.3) is 0 Å². The molecule has 0 aliphatic rings. The molecule has 0 aromatic carbocycles. The molecule has 6 heteroatoms. The molecule has 2 N–H and O–H groups in total. The van der Waals surface area contributed by atoms with Crippen molar-refractivity contribution < 1.29 is 4.79 Å². The van der Waals surface area contributed by atoms with Gasteiger partial charge in [0.15, 0.2) is 0 Å². The molecule has 0 aliphatic carbocycles. The molecule has 0 radical (unpaired) electrons. The average Bonchev–Trinajstić information content (AvgIpc) is 2.29. The zero-order valence-electron chi connectivity index (χ0n) is 10.0. The minimum atomic E-state index is 0.0343. The third kappa shape index (κ3) is 5.49. The van der Waals surface area contributed by atoms with Gasteiger partial charge in [-0.1, -0.05) is 6.92 Å². The van der Waals surface area contributed by atoms with Crippen molar-refractivity contribution in [2.45, 2.75) is 32.7 Å². The fraction of sp³-hybridized carbons (Fsp3) is 0.545. The van der Waals surface area contributed by atoms with E-state index in [1.807, 2.05) is 13.8 Å². The molecular formula is C11H17ClN4O. The van der Waals surface area contributed by atoms with Crippen LogP contribution in [0.15, 0.2) is 12.3 Å². The molecule has 0 spiro atoms. The Balaban J connectivity index is 2.26. The Morgan fingerprint density at radius 2 is 2.35 bits per heavy atom. The third-order valence-electron chi connectivity index (χ3n) is 2.30. The second-order valence-electron chi connectivity index (χ2n) is 3.76. The van der Waals surface area contributed by atoms with E-state index in [2.05, 4.69) is 20.6 Å². The Labute approximate surface area is 106 Å². The van der Waals surface area contributed by atoms with Crippen LogP contribution in [-0.4, -0.2) is 28.5 Å². The standard InChI is InChI=1S/C11H17ClN4O/c1-3-8(2)15-10(17)5-7-13-9-4-6-14-11(12)16-9/h4,6,8H,3,5,7H2,1-2H3,(H,15,17)(H,13,14,16). The van der Waals surface area contributed by atoms with Gasteiger partial charge in [-0.15, -0.1) is 0 Å². The zero-order chi connectivity index (χ0) is 12.7. The number of aromatic nitrogens is 2. The predicted octanol–water partition coefficient (Wildman–Crippen LogP) is 1.85. The molecule has 1 atom stereocenters. The monoisotopic (exact) mass is 256 g/mol. The van der Waals surface area contributed by atoms with E-state index in [1.54, 1.807) is 12.3 Å². The maximum absolute atomic E-state index is 11.5. The van der Waals surface area contributed by atoms with Crippen LogP contribution >= 0.6 is 11.6 Å². The molecule has 1 heterocycles. The molecule has 0 saturated carbocycles. The van der Waals surface area contributed by atoms with E-state index in [9.17, 15) is 4.79 Å². The van der Waals surface area contributed by atoms with Crippen LogP contribution in [0.2, 0.25) is 5.28 Å². The molecule has 0 aliphatic heterocycles. The Morgan fingerprint density at radius 1 is 1.59 bits per heavy atom. The number of anilines is 1. The molecule has 0 fully saturated rings. The van der Waals surface area contributed by atoms with Crippen LogP contribution in [0, 0.1) is 0 Å². The summed E-state index contributed by atoms with van der Waals surface area (Å²) in [4.78, 5) is 19.2. The van der Waals surface area contributed by atoms with Gasteiger partial charge in [0.25, 0.3) is 0 Å². The van der Waals surface area contributed by atoms with E-state index in [4.69, 9.17) is 11.6 Å². The molecule has 0 bridgehead atoms. The van der Waals surface area contributed by atoms with E-state index in [1.165, 1.54) is 0 Å². The Morgan fingerprint density at radius 3 is 3.00 bits per heavy atom. The van der Waals surface area contributed by atoms with E-state index in [-0.39, 0.29) is 17.2 Å². The zero-order valence-corrected chi connectivity index (χ0v) is 10.8. The SMILES string of the molecule is CCC(C)NC(=O)CCNc1ccnc(Cl)n1. The molecule has 1 aromatic rings. The summed E-state index contributed by atoms with van der Waals surface area (Å²) in [5.74, 6) is 0.661. The number of hydrogen-bond acceptors (Lipinski definition) is 4. The number of halogens is 1. The highest BCUT2D eigenvalue weighted by Gasteiger charge is 2.05. The number of carbonyl (C=O) groups is 1. The van der Waals surface area contributed by atoms with Crippen LogP contribution in [0.4, 0.5) is 5.82 Å². The smallest absolute Gasteiger partial charge is 0.224 e. The predicted molar refractivity (Wildman–Crippen MR) is 68.0 cm³/mol. The molecule has 0 saturated heterocycles. The third-order valence-corrected chi connectivity index (χ3v) is 2.49. The fourth-order valence-corrected chi connectivity index (χ4v) is 1.33. The number of carbonyl (C=O) groups excluding carboxylic acids is 1. The molecule has 1 aromatic heterocycles. The van der Waals surface area contributed by atoms with Gasteiger partial charge < -0.3 is 10.6 Å². The first-order valence-electron chi connectivity index (χ1n) is 5.63. The van der Waals surface area contributed by atoms with Gasteiger partial charge in [0, 0.05) is 25.2 Å². The van der Waals surface area contributed by atoms with Gasteiger partial charge in [0.1, 0.15) is 5.82 Å². The van der Waals surface area contributed by atoms with Crippen molar-refractivity contribution in [3.05, 3.63) is 17.5 Å². The lowest BCUT2D eigenvalue weighted by Gasteiger charge is -2.11. The van der Waals surface area contributed by atoms with Gasteiger partial charge in [0.2, 0.25) is 11.2 Å². The quantitative estimate of drug-likeness (QED) is 0.763. The average molecular weight is 257 g/mol. The Hall–Kier alpha value is -1.36. The van der Waals surface area contributed by atoms with E-state index < -0.39 is 0 Å². The number of amides is 1. The Bertz CT molecular complexity index is 372. The summed E-state index contributed by atoms with van der Waals surface area (Å²) in [6.07, 6.45) is 2.91. The summed E-state index contributed by atoms with van der Waals surface area (Å²) < 4.78 is 0. The van der Waals surface area contributed by atoms with Crippen molar-refractivity contribution >= 4 is 23.3 Å². The maximum atomic E-state index is 11.5. The van der Waals surface area contributed by atoms with Crippen LogP contribution in [0.1, 0.15) is 26.7 Å². The van der Waals surface area contributed by atoms with Crippen molar-refractivity contribution in [3.8, 4) is 0 Å². The summed E-state index contributed by atoms with van der Waals surface area (Å²) in [6, 6.07) is 1.93. The molecule has 1 unspecified atom stereocenters. The van der Waals surface area contributed by atoms with Gasteiger partial charge in [-0.05, 0) is 31.0 Å². The summed E-state index contributed by atoms with van der Waals surface area (Å²) >= 11 is 5.63. The minimum Gasteiger partial charge on any atom is -0.369 e. The maximum Gasteiger partial charge on any atom is 0.224 e. The van der Waals surface area contributed by atoms with Gasteiger partial charge in [0.05, 0.1) is 0 Å². The van der Waals surface area contributed by atoms with Gasteiger partial charge >= 0.3 is 0 Å². The number of nitrogens with zero attached hydrogens (tertiary/aromatic N) is 2. The normalized spacial score (nSPS) is 11.9. The first kappa shape index (κ1) is 13.7. The second-order valence-corrected chi connectivity index (χ2v) is 4.10. The second kappa shape index (κ2) is 7.06. The number of rotatable bonds is 6. The number of hydrogen-bond donors (Lipinski definition) is 2. The molecule has 17 heavy (non-hydrogen) atoms. The molecule has 5 nitrogen and oxygen atoms in total. The van der Waals surface area contributed by atoms with Crippen LogP contribution in [0.5, 0.6) is 0 Å². The first-order valence-corrected chi connectivity index (χ1v) is 6.01. The van der Waals surface area contributed by atoms with Crippen LogP contribution in [-0.2, 0) is 4.79 Å². The summed E-state index contributed by atoms with van der Waals surface area (Å²) in [7, 11) is 0. The number of nitrogens with one attached hydrogen (secondary N) is 2. The molecule has 1 rings (SSSR count). The highest BCUT2D eigenvalue weighted by Crippen LogP contribution is 2.05. The van der Waals surface area contributed by atoms with Crippen molar-refractivity contribution in [1.29, 1.82) is 0 Å². The van der Waals surface area contributed by atoms with E-state index >= 15 is 0 Å². The lowest BCUT2D eigenvalue weighted by Crippen LogP contribution is -2.33. The van der Waals surface area contributed by atoms with E-state index in [0.717, 1.165) is 6.42 Å². The summed E-state index contributed by atoms with van der Waals surface area (Å²) in [5, 5.41) is 6.09. The van der Waals surface area contributed by atoms with Crippen molar-refractivity contribution in [3.63, 3.8) is 0 Å². The largest absolute Gasteiger partial charge is 0.369 e. The first-order chi connectivity index (χ1) is 8.11. The van der Waals surface area contributed by atoms with Crippen LogP contribution < -0.4 is 10.6 Å². The van der Waals surface area contributed by atoms with Gasteiger partial charge in [-0.3, -0.25) is 4.79 Å². The summed E-state index contributed by atoms with van der Waals surface area (Å²) in [6.45, 7) is 4.54. The van der Waals surface area contributed by atoms with Crippen molar-refractivity contribution in [1.82, 2.24) is 15.3 Å². The lowest BCUT2D eigenvalue weighted by molar-refractivity contribution is -0.121. The molecular weight excluding hydrogens is 240 g/mol. The van der Waals surface area contributed by atoms with Crippen molar-refractivity contribution in [2.75, 3.05) is 11.9 Å². The van der Waals surface area contributed by atoms with Crippen molar-refractivity contribution in [2.24, 2.45) is 0 Å². The van der Waals surface area contributed by atoms with E-state index in [0.29, 0.717) is 18.8 Å². The molecule has 1 amide bonds. The summed E-state index contributed by atoms with van der Waals surface area (Å²) in [5.41, 5.74) is 0. The highest BCUT2D eigenvalue weighted by atomic mass is 35.5. The lowest BCUT2D eigenvalue weighted by atomic mass is 10.2. The van der Waals surface area contributed by atoms with Gasteiger partial charge in [-0.25, -0.2) is 9.97 Å². The molecule has 94 valence electrons. The fourth-order valence-electron chi connectivity index (χ4n) is 1.19. The van der Waals surface area contributed by atoms with Gasteiger partial charge in [-0.2, -0.15) is 0 Å². The minimum absolute atomic E-state index is 0.0343. The van der Waals surface area contributed by atoms with Crippen LogP contribution in [0.3, 0.4) is 0 Å². The highest BCUT2D eigenvalue weighted by molar-refractivity contribution is 6.28.